The van der Waals surface area contributed by atoms with Gasteiger partial charge < -0.3 is 15.1 Å². The highest BCUT2D eigenvalue weighted by Crippen LogP contribution is 2.22. The van der Waals surface area contributed by atoms with E-state index in [0.29, 0.717) is 18.7 Å². The maximum Gasteiger partial charge on any atom is 0.255 e. The molecule has 2 fully saturated rings. The van der Waals surface area contributed by atoms with Crippen LogP contribution in [-0.2, 0) is 0 Å². The number of nitrogens with zero attached hydrogens (tertiary/aromatic N) is 3. The smallest absolute Gasteiger partial charge is 0.255 e. The highest BCUT2D eigenvalue weighted by atomic mass is 16.3. The number of amides is 1. The number of carbonyl (C=O) groups is 1. The summed E-state index contributed by atoms with van der Waals surface area (Å²) in [5.74, 6) is -0.204. The van der Waals surface area contributed by atoms with Crippen molar-refractivity contribution >= 4 is 5.91 Å². The number of hydrogen-bond donors (Lipinski definition) is 2. The summed E-state index contributed by atoms with van der Waals surface area (Å²) in [6, 6.07) is 1.44. The molecule has 2 N–H and O–H groups in total. The lowest BCUT2D eigenvalue weighted by molar-refractivity contribution is 0.0702. The molecule has 2 aliphatic heterocycles. The van der Waals surface area contributed by atoms with Crippen LogP contribution in [0.1, 0.15) is 29.6 Å². The van der Waals surface area contributed by atoms with E-state index < -0.39 is 6.10 Å². The first kappa shape index (κ1) is 14.3. The first-order valence-corrected chi connectivity index (χ1v) is 7.50. The summed E-state index contributed by atoms with van der Waals surface area (Å²) in [4.78, 5) is 20.2. The Morgan fingerprint density at radius 1 is 1.19 bits per heavy atom. The number of aromatic nitrogens is 1. The lowest BCUT2D eigenvalue weighted by Crippen LogP contribution is -2.46. The molecule has 2 saturated heterocycles. The van der Waals surface area contributed by atoms with Gasteiger partial charge in [0.15, 0.2) is 0 Å². The summed E-state index contributed by atoms with van der Waals surface area (Å²) < 4.78 is 0. The Morgan fingerprint density at radius 2 is 1.95 bits per heavy atom. The zero-order chi connectivity index (χ0) is 14.8. The molecule has 0 unspecified atom stereocenters. The standard InChI is InChI=1S/C15H21N3O3/c19-12-6-11(7-16-8-12)15(21)18-9-13(14(20)10-18)17-4-2-1-3-5-17/h6-8,13-14,19-20H,1-5,9-10H2/t13-,14-/m0/s1. The van der Waals surface area contributed by atoms with Crippen LogP contribution in [0.25, 0.3) is 0 Å². The number of likely N-dealkylation sites (tertiary alicyclic amines) is 2. The fourth-order valence-corrected chi connectivity index (χ4v) is 3.27. The van der Waals surface area contributed by atoms with Crippen molar-refractivity contribution in [2.75, 3.05) is 26.2 Å². The molecule has 2 aliphatic rings. The van der Waals surface area contributed by atoms with Gasteiger partial charge in [-0.2, -0.15) is 0 Å². The number of aliphatic hydroxyl groups is 1. The van der Waals surface area contributed by atoms with Crippen molar-refractivity contribution in [3.8, 4) is 5.75 Å². The van der Waals surface area contributed by atoms with Crippen LogP contribution in [-0.4, -0.2) is 69.2 Å². The Labute approximate surface area is 124 Å². The van der Waals surface area contributed by atoms with Gasteiger partial charge in [0.05, 0.1) is 23.9 Å². The SMILES string of the molecule is O=C(c1cncc(O)c1)N1C[C@H](O)[C@@H](N2CCCCC2)C1. The minimum atomic E-state index is -0.502. The zero-order valence-corrected chi connectivity index (χ0v) is 12.0. The van der Waals surface area contributed by atoms with Crippen LogP contribution in [0.2, 0.25) is 0 Å². The van der Waals surface area contributed by atoms with E-state index in [1.807, 2.05) is 0 Å². The number of aliphatic hydroxyl groups excluding tert-OH is 1. The van der Waals surface area contributed by atoms with Gasteiger partial charge in [-0.15, -0.1) is 0 Å². The maximum atomic E-state index is 12.4. The van der Waals surface area contributed by atoms with Crippen molar-refractivity contribution in [2.24, 2.45) is 0 Å². The van der Waals surface area contributed by atoms with Crippen LogP contribution in [0.15, 0.2) is 18.5 Å². The molecule has 3 rings (SSSR count). The van der Waals surface area contributed by atoms with Gasteiger partial charge in [0.2, 0.25) is 0 Å². The molecule has 3 heterocycles. The normalized spacial score (nSPS) is 27.0. The van der Waals surface area contributed by atoms with Crippen LogP contribution in [0.5, 0.6) is 5.75 Å². The minimum absolute atomic E-state index is 0.0202. The van der Waals surface area contributed by atoms with Gasteiger partial charge in [0, 0.05) is 19.3 Å². The summed E-state index contributed by atoms with van der Waals surface area (Å²) in [5, 5.41) is 19.7. The lowest BCUT2D eigenvalue weighted by atomic mass is 10.1. The van der Waals surface area contributed by atoms with Gasteiger partial charge in [0.1, 0.15) is 5.75 Å². The van der Waals surface area contributed by atoms with E-state index in [-0.39, 0.29) is 17.7 Å². The third-order valence-electron chi connectivity index (χ3n) is 4.38. The van der Waals surface area contributed by atoms with E-state index in [0.717, 1.165) is 25.9 Å². The van der Waals surface area contributed by atoms with Crippen molar-refractivity contribution in [1.29, 1.82) is 0 Å². The highest BCUT2D eigenvalue weighted by Gasteiger charge is 2.38. The van der Waals surface area contributed by atoms with Gasteiger partial charge in [-0.05, 0) is 32.0 Å². The molecule has 0 radical (unpaired) electrons. The number of rotatable bonds is 2. The van der Waals surface area contributed by atoms with Crippen molar-refractivity contribution < 1.29 is 15.0 Å². The Kier molecular flexibility index (Phi) is 4.07. The average molecular weight is 291 g/mol. The second-order valence-electron chi connectivity index (χ2n) is 5.87. The molecule has 21 heavy (non-hydrogen) atoms. The molecule has 2 atom stereocenters. The van der Waals surface area contributed by atoms with Crippen molar-refractivity contribution in [1.82, 2.24) is 14.8 Å². The molecule has 1 aromatic heterocycles. The van der Waals surface area contributed by atoms with Crippen molar-refractivity contribution in [3.63, 3.8) is 0 Å². The second-order valence-corrected chi connectivity index (χ2v) is 5.87. The molecule has 0 bridgehead atoms. The summed E-state index contributed by atoms with van der Waals surface area (Å²) in [7, 11) is 0. The Hall–Kier alpha value is -1.66. The van der Waals surface area contributed by atoms with E-state index in [4.69, 9.17) is 0 Å². The number of β-amino-alcohol motifs (C(OH)–C–C–N with tert-alkyl or cyclic N) is 1. The predicted molar refractivity (Wildman–Crippen MR) is 77.0 cm³/mol. The summed E-state index contributed by atoms with van der Waals surface area (Å²) in [6.07, 6.45) is 5.81. The fraction of sp³-hybridized carbons (Fsp3) is 0.600. The van der Waals surface area contributed by atoms with Gasteiger partial charge >= 0.3 is 0 Å². The minimum Gasteiger partial charge on any atom is -0.506 e. The number of carbonyl (C=O) groups excluding carboxylic acids is 1. The van der Waals surface area contributed by atoms with Gasteiger partial charge in [-0.1, -0.05) is 6.42 Å². The summed E-state index contributed by atoms with van der Waals surface area (Å²) in [5.41, 5.74) is 0.362. The molecule has 0 aliphatic carbocycles. The quantitative estimate of drug-likeness (QED) is 0.828. The molecular weight excluding hydrogens is 270 g/mol. The van der Waals surface area contributed by atoms with Crippen molar-refractivity contribution in [3.05, 3.63) is 24.0 Å². The monoisotopic (exact) mass is 291 g/mol. The van der Waals surface area contributed by atoms with E-state index >= 15 is 0 Å². The van der Waals surface area contributed by atoms with Crippen LogP contribution in [0, 0.1) is 0 Å². The number of pyridine rings is 1. The van der Waals surface area contributed by atoms with Crippen molar-refractivity contribution in [2.45, 2.75) is 31.4 Å². The Balaban J connectivity index is 1.68. The molecule has 0 aromatic carbocycles. The van der Waals surface area contributed by atoms with Crippen LogP contribution in [0.3, 0.4) is 0 Å². The predicted octanol–water partition coefficient (Wildman–Crippen LogP) is 0.458. The molecule has 0 saturated carbocycles. The van der Waals surface area contributed by atoms with E-state index in [2.05, 4.69) is 9.88 Å². The molecule has 6 nitrogen and oxygen atoms in total. The van der Waals surface area contributed by atoms with E-state index in [9.17, 15) is 15.0 Å². The van der Waals surface area contributed by atoms with Gasteiger partial charge in [0.25, 0.3) is 5.91 Å². The van der Waals surface area contributed by atoms with E-state index in [1.165, 1.54) is 24.9 Å². The maximum absolute atomic E-state index is 12.4. The molecule has 1 amide bonds. The van der Waals surface area contributed by atoms with Gasteiger partial charge in [-0.3, -0.25) is 14.7 Å². The number of piperidine rings is 1. The summed E-state index contributed by atoms with van der Waals surface area (Å²) >= 11 is 0. The molecular formula is C15H21N3O3. The first-order chi connectivity index (χ1) is 10.1. The third kappa shape index (κ3) is 3.01. The van der Waals surface area contributed by atoms with Crippen LogP contribution >= 0.6 is 0 Å². The summed E-state index contributed by atoms with van der Waals surface area (Å²) in [6.45, 7) is 2.88. The molecule has 0 spiro atoms. The zero-order valence-electron chi connectivity index (χ0n) is 12.0. The topological polar surface area (TPSA) is 76.9 Å². The molecule has 114 valence electrons. The average Bonchev–Trinajstić information content (AvgIpc) is 2.89. The third-order valence-corrected chi connectivity index (χ3v) is 4.38. The Bertz CT molecular complexity index is 517. The number of hydrogen-bond acceptors (Lipinski definition) is 5. The highest BCUT2D eigenvalue weighted by molar-refractivity contribution is 5.94. The van der Waals surface area contributed by atoms with Crippen LogP contribution < -0.4 is 0 Å². The largest absolute Gasteiger partial charge is 0.506 e. The van der Waals surface area contributed by atoms with Crippen LogP contribution in [0.4, 0.5) is 0 Å². The fourth-order valence-electron chi connectivity index (χ4n) is 3.27. The lowest BCUT2D eigenvalue weighted by Gasteiger charge is -2.33. The number of aromatic hydroxyl groups is 1. The second kappa shape index (κ2) is 5.99. The Morgan fingerprint density at radius 3 is 2.67 bits per heavy atom. The van der Waals surface area contributed by atoms with E-state index in [1.54, 1.807) is 4.90 Å². The first-order valence-electron chi connectivity index (χ1n) is 7.50. The molecule has 1 aromatic rings. The van der Waals surface area contributed by atoms with Gasteiger partial charge in [-0.25, -0.2) is 0 Å². The molecule has 6 heteroatoms.